The molecule has 1 aliphatic heterocycles. The number of aryl methyl sites for hydroxylation is 1. The molecular weight excluding hydrogens is 426 g/mol. The van der Waals surface area contributed by atoms with Crippen LogP contribution >= 0.6 is 0 Å². The summed E-state index contributed by atoms with van der Waals surface area (Å²) in [6, 6.07) is 9.11. The van der Waals surface area contributed by atoms with E-state index in [1.807, 2.05) is 28.8 Å². The van der Waals surface area contributed by atoms with Crippen LogP contribution in [0.4, 0.5) is 0 Å². The van der Waals surface area contributed by atoms with Gasteiger partial charge in [0.05, 0.1) is 22.9 Å². The summed E-state index contributed by atoms with van der Waals surface area (Å²) in [5, 5.41) is 7.58. The molecule has 8 heteroatoms. The third-order valence-electron chi connectivity index (χ3n) is 6.90. The molecule has 1 fully saturated rings. The first-order chi connectivity index (χ1) is 16.4. The molecule has 180 valence electrons. The second kappa shape index (κ2) is 10.9. The minimum absolute atomic E-state index is 0.0907. The first-order valence-corrected chi connectivity index (χ1v) is 12.3. The van der Waals surface area contributed by atoms with Crippen molar-refractivity contribution in [2.24, 2.45) is 5.73 Å². The van der Waals surface area contributed by atoms with Crippen LogP contribution in [0.25, 0.3) is 11.0 Å². The van der Waals surface area contributed by atoms with E-state index in [2.05, 4.69) is 33.7 Å². The third kappa shape index (κ3) is 5.50. The number of amidine groups is 1. The largest absolute Gasteiger partial charge is 0.382 e. The number of nitrogens with one attached hydrogen (secondary N) is 1. The number of unbranched alkanes of at least 4 members (excludes halogenated alkanes) is 2. The number of para-hydroxylation sites is 2. The lowest BCUT2D eigenvalue weighted by Crippen LogP contribution is -2.44. The second-order valence-electron chi connectivity index (χ2n) is 9.42. The zero-order valence-electron chi connectivity index (χ0n) is 20.2. The quantitative estimate of drug-likeness (QED) is 0.286. The minimum Gasteiger partial charge on any atom is -0.382 e. The molecule has 2 atom stereocenters. The van der Waals surface area contributed by atoms with Crippen LogP contribution in [-0.2, 0) is 13.0 Å². The lowest BCUT2D eigenvalue weighted by molar-refractivity contribution is 0.101. The van der Waals surface area contributed by atoms with Crippen molar-refractivity contribution in [2.75, 3.05) is 6.54 Å². The van der Waals surface area contributed by atoms with E-state index in [1.54, 1.807) is 6.20 Å². The zero-order valence-corrected chi connectivity index (χ0v) is 20.2. The van der Waals surface area contributed by atoms with E-state index in [9.17, 15) is 4.79 Å². The van der Waals surface area contributed by atoms with E-state index >= 15 is 0 Å². The van der Waals surface area contributed by atoms with Crippen molar-refractivity contribution in [3.63, 3.8) is 0 Å². The van der Waals surface area contributed by atoms with Gasteiger partial charge in [-0.15, -0.1) is 0 Å². The number of fused-ring (bicyclic) bond motifs is 1. The Morgan fingerprint density at radius 3 is 2.56 bits per heavy atom. The summed E-state index contributed by atoms with van der Waals surface area (Å²) in [7, 11) is 0. The van der Waals surface area contributed by atoms with Gasteiger partial charge in [0.25, 0.3) is 5.56 Å². The van der Waals surface area contributed by atoms with Gasteiger partial charge in [0.15, 0.2) is 0 Å². The topological polar surface area (TPSA) is 114 Å². The van der Waals surface area contributed by atoms with Gasteiger partial charge >= 0.3 is 0 Å². The molecule has 1 aliphatic rings. The van der Waals surface area contributed by atoms with Crippen LogP contribution in [0.3, 0.4) is 0 Å². The van der Waals surface area contributed by atoms with Crippen LogP contribution in [0, 0.1) is 5.41 Å². The van der Waals surface area contributed by atoms with Gasteiger partial charge < -0.3 is 10.3 Å². The van der Waals surface area contributed by atoms with Crippen LogP contribution in [0.15, 0.2) is 41.5 Å². The molecule has 0 saturated carbocycles. The lowest BCUT2D eigenvalue weighted by atomic mass is 9.97. The molecule has 4 rings (SSSR count). The molecule has 34 heavy (non-hydrogen) atoms. The number of piperidine rings is 1. The Morgan fingerprint density at radius 1 is 1.06 bits per heavy atom. The van der Waals surface area contributed by atoms with Crippen LogP contribution < -0.4 is 11.3 Å². The van der Waals surface area contributed by atoms with E-state index < -0.39 is 0 Å². The number of rotatable bonds is 9. The third-order valence-corrected chi connectivity index (χ3v) is 6.90. The first-order valence-electron chi connectivity index (χ1n) is 12.3. The molecule has 0 bridgehead atoms. The highest BCUT2D eigenvalue weighted by Gasteiger charge is 2.23. The number of nitrogen functional groups attached to an aromatic ring is 1. The van der Waals surface area contributed by atoms with Crippen molar-refractivity contribution in [3.8, 4) is 0 Å². The standard InChI is InChI=1S/C26H35N7O/c1-18-9-8-10-19(2)32(18)13-6-3-7-14-33-24-12-5-4-11-21(24)31-22(26(33)34)15-20-16-29-17-23(30-20)25(27)28/h4-5,11-12,16-19H,3,6-10,13-15H2,1-2H3,(H3,27,28)/t18-,19+. The molecule has 0 spiro atoms. The van der Waals surface area contributed by atoms with E-state index in [-0.39, 0.29) is 17.8 Å². The van der Waals surface area contributed by atoms with Gasteiger partial charge in [-0.25, -0.2) is 9.97 Å². The maximum atomic E-state index is 13.4. The van der Waals surface area contributed by atoms with Crippen LogP contribution in [-0.4, -0.2) is 48.9 Å². The monoisotopic (exact) mass is 461 g/mol. The van der Waals surface area contributed by atoms with Crippen molar-refractivity contribution in [1.29, 1.82) is 5.41 Å². The summed E-state index contributed by atoms with van der Waals surface area (Å²) in [4.78, 5) is 29.1. The fourth-order valence-corrected chi connectivity index (χ4v) is 5.03. The molecule has 0 radical (unpaired) electrons. The SMILES string of the molecule is C[C@@H]1CCC[C@H](C)N1CCCCCn1c(=O)c(Cc2cncc(C(=N)N)n2)nc2ccccc21. The van der Waals surface area contributed by atoms with Gasteiger partial charge in [0, 0.05) is 31.2 Å². The van der Waals surface area contributed by atoms with Gasteiger partial charge in [0.1, 0.15) is 17.2 Å². The molecule has 3 N–H and O–H groups in total. The molecule has 0 amide bonds. The summed E-state index contributed by atoms with van der Waals surface area (Å²) >= 11 is 0. The van der Waals surface area contributed by atoms with Crippen molar-refractivity contribution < 1.29 is 0 Å². The van der Waals surface area contributed by atoms with Crippen LogP contribution in [0.1, 0.15) is 69.5 Å². The van der Waals surface area contributed by atoms with Crippen LogP contribution in [0.2, 0.25) is 0 Å². The molecule has 0 aliphatic carbocycles. The van der Waals surface area contributed by atoms with E-state index in [0.717, 1.165) is 36.8 Å². The number of nitrogens with two attached hydrogens (primary N) is 1. The molecule has 8 nitrogen and oxygen atoms in total. The van der Waals surface area contributed by atoms with Gasteiger partial charge in [-0.3, -0.25) is 20.1 Å². The van der Waals surface area contributed by atoms with Gasteiger partial charge in [-0.2, -0.15) is 0 Å². The Morgan fingerprint density at radius 2 is 1.79 bits per heavy atom. The van der Waals surface area contributed by atoms with E-state index in [4.69, 9.17) is 11.1 Å². The van der Waals surface area contributed by atoms with E-state index in [1.165, 1.54) is 25.5 Å². The number of likely N-dealkylation sites (tertiary alicyclic amines) is 1. The Labute approximate surface area is 200 Å². The molecule has 0 unspecified atom stereocenters. The Hall–Kier alpha value is -3.13. The highest BCUT2D eigenvalue weighted by Crippen LogP contribution is 2.23. The average Bonchev–Trinajstić information content (AvgIpc) is 2.82. The Balaban J connectivity index is 1.47. The lowest BCUT2D eigenvalue weighted by Gasteiger charge is -2.39. The summed E-state index contributed by atoms with van der Waals surface area (Å²) in [5.41, 5.74) is 8.42. The van der Waals surface area contributed by atoms with Crippen molar-refractivity contribution in [2.45, 2.75) is 77.4 Å². The average molecular weight is 462 g/mol. The summed E-state index contributed by atoms with van der Waals surface area (Å²) in [6.45, 7) is 6.48. The predicted octanol–water partition coefficient (Wildman–Crippen LogP) is 3.49. The maximum Gasteiger partial charge on any atom is 0.273 e. The van der Waals surface area contributed by atoms with Crippen molar-refractivity contribution >= 4 is 16.9 Å². The highest BCUT2D eigenvalue weighted by molar-refractivity contribution is 5.92. The van der Waals surface area contributed by atoms with Crippen molar-refractivity contribution in [1.82, 2.24) is 24.4 Å². The smallest absolute Gasteiger partial charge is 0.273 e. The first kappa shape index (κ1) is 24.0. The second-order valence-corrected chi connectivity index (χ2v) is 9.42. The number of hydrogen-bond acceptors (Lipinski definition) is 6. The molecule has 1 saturated heterocycles. The molecule has 3 aromatic rings. The number of benzene rings is 1. The molecule has 3 heterocycles. The highest BCUT2D eigenvalue weighted by atomic mass is 16.1. The summed E-state index contributed by atoms with van der Waals surface area (Å²) in [5.74, 6) is -0.147. The number of hydrogen-bond donors (Lipinski definition) is 2. The number of aromatic nitrogens is 4. The van der Waals surface area contributed by atoms with Gasteiger partial charge in [-0.1, -0.05) is 25.0 Å². The minimum atomic E-state index is -0.147. The number of nitrogens with zero attached hydrogens (tertiary/aromatic N) is 5. The summed E-state index contributed by atoms with van der Waals surface area (Å²) in [6.07, 6.45) is 10.4. The van der Waals surface area contributed by atoms with Crippen LogP contribution in [0.5, 0.6) is 0 Å². The fourth-order valence-electron chi connectivity index (χ4n) is 5.03. The Bertz CT molecular complexity index is 1200. The van der Waals surface area contributed by atoms with Gasteiger partial charge in [0.2, 0.25) is 0 Å². The van der Waals surface area contributed by atoms with E-state index in [0.29, 0.717) is 35.7 Å². The maximum absolute atomic E-state index is 13.4. The predicted molar refractivity (Wildman–Crippen MR) is 135 cm³/mol. The van der Waals surface area contributed by atoms with Gasteiger partial charge in [-0.05, 0) is 58.2 Å². The zero-order chi connectivity index (χ0) is 24.1. The molecule has 2 aromatic heterocycles. The van der Waals surface area contributed by atoms with Crippen molar-refractivity contribution in [3.05, 3.63) is 64.1 Å². The normalized spacial score (nSPS) is 18.9. The Kier molecular flexibility index (Phi) is 7.67. The fraction of sp³-hybridized carbons (Fsp3) is 0.500. The molecular formula is C26H35N7O. The molecule has 1 aromatic carbocycles. The summed E-state index contributed by atoms with van der Waals surface area (Å²) < 4.78 is 1.85.